The van der Waals surface area contributed by atoms with E-state index < -0.39 is 0 Å². The van der Waals surface area contributed by atoms with Gasteiger partial charge in [0.05, 0.1) is 11.9 Å². The van der Waals surface area contributed by atoms with Gasteiger partial charge in [0, 0.05) is 30.6 Å². The lowest BCUT2D eigenvalue weighted by atomic mass is 10.3. The van der Waals surface area contributed by atoms with Crippen LogP contribution in [0.5, 0.6) is 0 Å². The minimum Gasteiger partial charge on any atom is -0.323 e. The van der Waals surface area contributed by atoms with E-state index in [0.29, 0.717) is 12.2 Å². The average Bonchev–Trinajstić information content (AvgIpc) is 2.88. The maximum absolute atomic E-state index is 11.6. The molecular weight excluding hydrogens is 234 g/mol. The van der Waals surface area contributed by atoms with Gasteiger partial charge in [-0.1, -0.05) is 0 Å². The second-order valence-corrected chi connectivity index (χ2v) is 4.08. The first kappa shape index (κ1) is 12.2. The molecule has 96 valence electrons. The summed E-state index contributed by atoms with van der Waals surface area (Å²) in [6.07, 6.45) is 3.36. The van der Waals surface area contributed by atoms with E-state index in [2.05, 4.69) is 20.5 Å². The summed E-state index contributed by atoms with van der Waals surface area (Å²) in [5.74, 6) is -0.151. The number of carbonyl (C=O) groups excluding carboxylic acids is 1. The number of nitrogens with one attached hydrogen (secondary N) is 3. The smallest absolute Gasteiger partial charge is 0.323 e. The molecule has 1 amide bonds. The molecule has 0 saturated heterocycles. The minimum absolute atomic E-state index is 0.151. The van der Waals surface area contributed by atoms with Gasteiger partial charge in [-0.25, -0.2) is 4.79 Å². The number of hydrogen-bond donors (Lipinski definition) is 3. The molecule has 2 aromatic heterocycles. The fourth-order valence-electron chi connectivity index (χ4n) is 1.70. The molecule has 0 aromatic carbocycles. The summed E-state index contributed by atoms with van der Waals surface area (Å²) in [5, 5.41) is 9.01. The molecule has 0 spiro atoms. The number of rotatable bonds is 4. The Morgan fingerprint density at radius 1 is 1.50 bits per heavy atom. The number of imidazole rings is 1. The zero-order valence-corrected chi connectivity index (χ0v) is 10.3. The van der Waals surface area contributed by atoms with Crippen LogP contribution >= 0.6 is 0 Å². The highest BCUT2D eigenvalue weighted by molar-refractivity contribution is 5.90. The maximum atomic E-state index is 11.6. The number of anilines is 1. The van der Waals surface area contributed by atoms with Crippen LogP contribution in [-0.4, -0.2) is 25.7 Å². The SMILES string of the molecule is Cc1[nH]c(=O)n(CCC(=O)Nc2cn[nH]c2)c1C. The van der Waals surface area contributed by atoms with Gasteiger partial charge in [-0.2, -0.15) is 5.10 Å². The van der Waals surface area contributed by atoms with Gasteiger partial charge in [0.2, 0.25) is 5.91 Å². The van der Waals surface area contributed by atoms with Gasteiger partial charge < -0.3 is 10.3 Å². The number of hydrogen-bond acceptors (Lipinski definition) is 3. The van der Waals surface area contributed by atoms with Crippen molar-refractivity contribution in [2.45, 2.75) is 26.8 Å². The summed E-state index contributed by atoms with van der Waals surface area (Å²) in [4.78, 5) is 25.9. The molecule has 2 heterocycles. The average molecular weight is 249 g/mol. The van der Waals surface area contributed by atoms with Crippen LogP contribution in [0.1, 0.15) is 17.8 Å². The molecule has 0 aliphatic carbocycles. The first-order chi connectivity index (χ1) is 8.58. The molecular formula is C11H15N5O2. The van der Waals surface area contributed by atoms with E-state index in [9.17, 15) is 9.59 Å². The molecule has 2 aromatic rings. The molecule has 3 N–H and O–H groups in total. The number of aromatic amines is 2. The highest BCUT2D eigenvalue weighted by Crippen LogP contribution is 2.04. The van der Waals surface area contributed by atoms with E-state index in [4.69, 9.17) is 0 Å². The summed E-state index contributed by atoms with van der Waals surface area (Å²) in [6.45, 7) is 4.04. The second kappa shape index (κ2) is 4.91. The molecule has 0 bridgehead atoms. The molecule has 2 rings (SSSR count). The lowest BCUT2D eigenvalue weighted by Gasteiger charge is -2.04. The first-order valence-corrected chi connectivity index (χ1v) is 5.62. The van der Waals surface area contributed by atoms with Crippen molar-refractivity contribution in [3.63, 3.8) is 0 Å². The molecule has 0 unspecified atom stereocenters. The molecule has 18 heavy (non-hydrogen) atoms. The summed E-state index contributed by atoms with van der Waals surface area (Å²) in [5.41, 5.74) is 2.13. The van der Waals surface area contributed by atoms with Crippen LogP contribution in [-0.2, 0) is 11.3 Å². The van der Waals surface area contributed by atoms with E-state index in [1.807, 2.05) is 13.8 Å². The number of H-pyrrole nitrogens is 2. The normalized spacial score (nSPS) is 10.6. The zero-order chi connectivity index (χ0) is 13.1. The Hall–Kier alpha value is -2.31. The Morgan fingerprint density at radius 2 is 2.28 bits per heavy atom. The van der Waals surface area contributed by atoms with Crippen molar-refractivity contribution >= 4 is 11.6 Å². The van der Waals surface area contributed by atoms with Crippen molar-refractivity contribution in [1.82, 2.24) is 19.7 Å². The van der Waals surface area contributed by atoms with Crippen molar-refractivity contribution in [1.29, 1.82) is 0 Å². The minimum atomic E-state index is -0.180. The van der Waals surface area contributed by atoms with Gasteiger partial charge in [0.25, 0.3) is 0 Å². The van der Waals surface area contributed by atoms with Crippen LogP contribution in [0, 0.1) is 13.8 Å². The molecule has 7 heteroatoms. The lowest BCUT2D eigenvalue weighted by molar-refractivity contribution is -0.116. The molecule has 0 atom stereocenters. The number of aryl methyl sites for hydroxylation is 1. The third-order valence-electron chi connectivity index (χ3n) is 2.83. The Morgan fingerprint density at radius 3 is 2.83 bits per heavy atom. The van der Waals surface area contributed by atoms with Crippen molar-refractivity contribution in [3.05, 3.63) is 34.3 Å². The van der Waals surface area contributed by atoms with Crippen LogP contribution < -0.4 is 11.0 Å². The topological polar surface area (TPSA) is 95.6 Å². The van der Waals surface area contributed by atoms with Gasteiger partial charge in [-0.05, 0) is 13.8 Å². The Labute approximate surface area is 103 Å². The lowest BCUT2D eigenvalue weighted by Crippen LogP contribution is -2.21. The molecule has 0 radical (unpaired) electrons. The van der Waals surface area contributed by atoms with Gasteiger partial charge >= 0.3 is 5.69 Å². The van der Waals surface area contributed by atoms with Crippen LogP contribution in [0.4, 0.5) is 5.69 Å². The molecule has 7 nitrogen and oxygen atoms in total. The number of amides is 1. The third-order valence-corrected chi connectivity index (χ3v) is 2.83. The fourth-order valence-corrected chi connectivity index (χ4v) is 1.70. The van der Waals surface area contributed by atoms with E-state index in [-0.39, 0.29) is 18.0 Å². The first-order valence-electron chi connectivity index (χ1n) is 5.62. The van der Waals surface area contributed by atoms with Crippen LogP contribution in [0.3, 0.4) is 0 Å². The predicted molar refractivity (Wildman–Crippen MR) is 66.4 cm³/mol. The Balaban J connectivity index is 1.95. The monoisotopic (exact) mass is 249 g/mol. The van der Waals surface area contributed by atoms with Crippen LogP contribution in [0.2, 0.25) is 0 Å². The van der Waals surface area contributed by atoms with E-state index >= 15 is 0 Å². The third kappa shape index (κ3) is 2.50. The largest absolute Gasteiger partial charge is 0.325 e. The fraction of sp³-hybridized carbons (Fsp3) is 0.364. The van der Waals surface area contributed by atoms with Crippen molar-refractivity contribution in [3.8, 4) is 0 Å². The van der Waals surface area contributed by atoms with Crippen LogP contribution in [0.15, 0.2) is 17.2 Å². The highest BCUT2D eigenvalue weighted by atomic mass is 16.2. The molecule has 0 aliphatic rings. The van der Waals surface area contributed by atoms with Gasteiger partial charge in [-0.15, -0.1) is 0 Å². The standard InChI is InChI=1S/C11H15N5O2/c1-7-8(2)16(11(18)14-7)4-3-10(17)15-9-5-12-13-6-9/h5-6H,3-4H2,1-2H3,(H,12,13)(H,14,18)(H,15,17). The summed E-state index contributed by atoms with van der Waals surface area (Å²) >= 11 is 0. The highest BCUT2D eigenvalue weighted by Gasteiger charge is 2.09. The number of carbonyl (C=O) groups is 1. The van der Waals surface area contributed by atoms with Crippen molar-refractivity contribution in [2.24, 2.45) is 0 Å². The summed E-state index contributed by atoms with van der Waals surface area (Å²) in [6, 6.07) is 0. The van der Waals surface area contributed by atoms with E-state index in [0.717, 1.165) is 11.4 Å². The predicted octanol–water partition coefficient (Wildman–Crippen LogP) is 0.545. The van der Waals surface area contributed by atoms with E-state index in [1.165, 1.54) is 6.20 Å². The van der Waals surface area contributed by atoms with Gasteiger partial charge in [-0.3, -0.25) is 14.5 Å². The molecule has 0 saturated carbocycles. The number of aromatic nitrogens is 4. The maximum Gasteiger partial charge on any atom is 0.325 e. The van der Waals surface area contributed by atoms with Crippen molar-refractivity contribution < 1.29 is 4.79 Å². The Bertz CT molecular complexity index is 593. The van der Waals surface area contributed by atoms with Gasteiger partial charge in [0.15, 0.2) is 0 Å². The zero-order valence-electron chi connectivity index (χ0n) is 10.3. The summed E-state index contributed by atoms with van der Waals surface area (Å²) < 4.78 is 1.56. The Kier molecular flexibility index (Phi) is 3.31. The summed E-state index contributed by atoms with van der Waals surface area (Å²) in [7, 11) is 0. The number of nitrogens with zero attached hydrogens (tertiary/aromatic N) is 2. The quantitative estimate of drug-likeness (QED) is 0.738. The van der Waals surface area contributed by atoms with Crippen LogP contribution in [0.25, 0.3) is 0 Å². The molecule has 0 aliphatic heterocycles. The van der Waals surface area contributed by atoms with Gasteiger partial charge in [0.1, 0.15) is 0 Å². The second-order valence-electron chi connectivity index (χ2n) is 4.08. The van der Waals surface area contributed by atoms with E-state index in [1.54, 1.807) is 10.8 Å². The van der Waals surface area contributed by atoms with Crippen molar-refractivity contribution in [2.75, 3.05) is 5.32 Å². The molecule has 0 fully saturated rings.